The summed E-state index contributed by atoms with van der Waals surface area (Å²) >= 11 is 0. The van der Waals surface area contributed by atoms with Gasteiger partial charge in [-0.15, -0.1) is 0 Å². The third-order valence-corrected chi connectivity index (χ3v) is 3.33. The number of nitrogens with zero attached hydrogens (tertiary/aromatic N) is 4. The largest absolute Gasteiger partial charge is 0.444 e. The fourth-order valence-electron chi connectivity index (χ4n) is 2.03. The van der Waals surface area contributed by atoms with Crippen molar-refractivity contribution in [3.63, 3.8) is 0 Å². The van der Waals surface area contributed by atoms with Crippen LogP contribution in [0.1, 0.15) is 27.2 Å². The number of hydrogen-bond donors (Lipinski definition) is 1. The Hall–Kier alpha value is -2.09. The highest BCUT2D eigenvalue weighted by Gasteiger charge is 2.19. The van der Waals surface area contributed by atoms with Crippen LogP contribution in [0, 0.1) is 0 Å². The van der Waals surface area contributed by atoms with Gasteiger partial charge in [0.2, 0.25) is 0 Å². The van der Waals surface area contributed by atoms with Crippen molar-refractivity contribution in [1.82, 2.24) is 19.6 Å². The lowest BCUT2D eigenvalue weighted by molar-refractivity contribution is 0.0305. The highest BCUT2D eigenvalue weighted by Crippen LogP contribution is 2.09. The quantitative estimate of drug-likeness (QED) is 0.762. The van der Waals surface area contributed by atoms with Crippen molar-refractivity contribution in [3.05, 3.63) is 22.6 Å². The van der Waals surface area contributed by atoms with Crippen molar-refractivity contribution in [2.45, 2.75) is 39.3 Å². The normalized spacial score (nSPS) is 11.5. The molecule has 0 saturated carbocycles. The topological polar surface area (TPSA) is 79.7 Å². The van der Waals surface area contributed by atoms with Crippen LogP contribution in [-0.2, 0) is 11.3 Å². The van der Waals surface area contributed by atoms with Crippen LogP contribution in [0.3, 0.4) is 0 Å². The second-order valence-corrected chi connectivity index (χ2v) is 7.29. The molecule has 0 bridgehead atoms. The minimum absolute atomic E-state index is 0.135. The molecular formula is C17H31N5O3. The number of aromatic nitrogens is 2. The fourth-order valence-corrected chi connectivity index (χ4v) is 2.03. The molecule has 0 aliphatic heterocycles. The number of likely N-dealkylation sites (N-methyl/N-ethyl adjacent to an activating group) is 1. The summed E-state index contributed by atoms with van der Waals surface area (Å²) in [4.78, 5) is 27.5. The van der Waals surface area contributed by atoms with Crippen LogP contribution in [0.5, 0.6) is 0 Å². The predicted octanol–water partition coefficient (Wildman–Crippen LogP) is 1.47. The van der Waals surface area contributed by atoms with E-state index >= 15 is 0 Å². The van der Waals surface area contributed by atoms with Gasteiger partial charge in [0.1, 0.15) is 5.60 Å². The molecule has 0 radical (unpaired) electrons. The Kier molecular flexibility index (Phi) is 7.89. The summed E-state index contributed by atoms with van der Waals surface area (Å²) in [6.45, 7) is 7.95. The van der Waals surface area contributed by atoms with E-state index in [1.807, 2.05) is 34.9 Å². The van der Waals surface area contributed by atoms with Crippen LogP contribution >= 0.6 is 0 Å². The molecule has 25 heavy (non-hydrogen) atoms. The highest BCUT2D eigenvalue weighted by atomic mass is 16.6. The predicted molar refractivity (Wildman–Crippen MR) is 99.0 cm³/mol. The molecule has 1 amide bonds. The molecule has 1 N–H and O–H groups in total. The summed E-state index contributed by atoms with van der Waals surface area (Å²) < 4.78 is 6.74. The number of anilines is 1. The SMILES string of the molecule is CN(C)CCCn1ncc(NCCN(C)C(=O)OC(C)(C)C)cc1=O. The van der Waals surface area contributed by atoms with E-state index in [4.69, 9.17) is 4.74 Å². The first-order valence-corrected chi connectivity index (χ1v) is 8.48. The second-order valence-electron chi connectivity index (χ2n) is 7.29. The maximum Gasteiger partial charge on any atom is 0.410 e. The molecule has 0 fully saturated rings. The Bertz CT molecular complexity index is 607. The Morgan fingerprint density at radius 2 is 1.96 bits per heavy atom. The smallest absolute Gasteiger partial charge is 0.410 e. The summed E-state index contributed by atoms with van der Waals surface area (Å²) in [5, 5.41) is 7.28. The van der Waals surface area contributed by atoms with E-state index in [2.05, 4.69) is 15.3 Å². The monoisotopic (exact) mass is 353 g/mol. The molecule has 1 heterocycles. The molecule has 8 nitrogen and oxygen atoms in total. The van der Waals surface area contributed by atoms with Gasteiger partial charge in [0.25, 0.3) is 5.56 Å². The number of amides is 1. The first-order chi connectivity index (χ1) is 11.6. The van der Waals surface area contributed by atoms with Crippen LogP contribution in [0.25, 0.3) is 0 Å². The average Bonchev–Trinajstić information content (AvgIpc) is 2.47. The van der Waals surface area contributed by atoms with E-state index in [-0.39, 0.29) is 11.7 Å². The van der Waals surface area contributed by atoms with Crippen molar-refractivity contribution < 1.29 is 9.53 Å². The Balaban J connectivity index is 2.44. The molecule has 0 spiro atoms. The van der Waals surface area contributed by atoms with Gasteiger partial charge in [-0.1, -0.05) is 0 Å². The highest BCUT2D eigenvalue weighted by molar-refractivity contribution is 5.67. The number of ether oxygens (including phenoxy) is 1. The van der Waals surface area contributed by atoms with Crippen molar-refractivity contribution in [3.8, 4) is 0 Å². The van der Waals surface area contributed by atoms with E-state index in [1.54, 1.807) is 13.2 Å². The Labute approximate surface area is 149 Å². The molecule has 1 rings (SSSR count). The van der Waals surface area contributed by atoms with Gasteiger partial charge in [-0.2, -0.15) is 5.10 Å². The standard InChI is InChI=1S/C17H31N5O3/c1-17(2,3)25-16(24)21(6)11-8-18-14-12-15(23)22(19-13-14)10-7-9-20(4)5/h12-13,18H,7-11H2,1-6H3. The molecule has 8 heteroatoms. The van der Waals surface area contributed by atoms with Gasteiger partial charge in [0, 0.05) is 32.7 Å². The van der Waals surface area contributed by atoms with Crippen LogP contribution in [-0.4, -0.2) is 72.1 Å². The average molecular weight is 353 g/mol. The van der Waals surface area contributed by atoms with E-state index in [0.717, 1.165) is 13.0 Å². The zero-order valence-corrected chi connectivity index (χ0v) is 16.2. The third-order valence-electron chi connectivity index (χ3n) is 3.33. The molecule has 0 atom stereocenters. The van der Waals surface area contributed by atoms with Gasteiger partial charge in [-0.3, -0.25) is 4.79 Å². The minimum atomic E-state index is -0.514. The van der Waals surface area contributed by atoms with Crippen molar-refractivity contribution in [2.24, 2.45) is 0 Å². The molecule has 1 aromatic rings. The van der Waals surface area contributed by atoms with Gasteiger partial charge in [-0.05, 0) is 47.8 Å². The number of hydrogen-bond acceptors (Lipinski definition) is 6. The zero-order valence-electron chi connectivity index (χ0n) is 16.2. The van der Waals surface area contributed by atoms with Gasteiger partial charge in [0.15, 0.2) is 0 Å². The summed E-state index contributed by atoms with van der Waals surface area (Å²) in [6, 6.07) is 1.52. The molecule has 142 valence electrons. The molecular weight excluding hydrogens is 322 g/mol. The van der Waals surface area contributed by atoms with E-state index in [1.165, 1.54) is 15.6 Å². The van der Waals surface area contributed by atoms with Gasteiger partial charge < -0.3 is 19.9 Å². The molecule has 0 unspecified atom stereocenters. The lowest BCUT2D eigenvalue weighted by Gasteiger charge is -2.24. The minimum Gasteiger partial charge on any atom is -0.444 e. The lowest BCUT2D eigenvalue weighted by Crippen LogP contribution is -2.36. The van der Waals surface area contributed by atoms with E-state index in [9.17, 15) is 9.59 Å². The maximum absolute atomic E-state index is 12.0. The van der Waals surface area contributed by atoms with Gasteiger partial charge >= 0.3 is 6.09 Å². The Morgan fingerprint density at radius 1 is 1.28 bits per heavy atom. The van der Waals surface area contributed by atoms with Crippen molar-refractivity contribution >= 4 is 11.8 Å². The summed E-state index contributed by atoms with van der Waals surface area (Å²) in [5.74, 6) is 0. The van der Waals surface area contributed by atoms with Crippen molar-refractivity contribution in [1.29, 1.82) is 0 Å². The molecule has 0 aliphatic carbocycles. The molecule has 1 aromatic heterocycles. The number of aryl methyl sites for hydroxylation is 1. The second kappa shape index (κ2) is 9.41. The molecule has 0 aliphatic rings. The lowest BCUT2D eigenvalue weighted by atomic mass is 10.2. The first-order valence-electron chi connectivity index (χ1n) is 8.48. The van der Waals surface area contributed by atoms with Gasteiger partial charge in [0.05, 0.1) is 11.9 Å². The fraction of sp³-hybridized carbons (Fsp3) is 0.706. The summed E-state index contributed by atoms with van der Waals surface area (Å²) in [5.41, 5.74) is -0.00419. The van der Waals surface area contributed by atoms with Crippen LogP contribution in [0.4, 0.5) is 10.5 Å². The third kappa shape index (κ3) is 8.53. The maximum atomic E-state index is 12.0. The van der Waals surface area contributed by atoms with E-state index in [0.29, 0.717) is 25.3 Å². The zero-order chi connectivity index (χ0) is 19.0. The summed E-state index contributed by atoms with van der Waals surface area (Å²) in [6.07, 6.45) is 2.13. The van der Waals surface area contributed by atoms with Crippen molar-refractivity contribution in [2.75, 3.05) is 46.1 Å². The van der Waals surface area contributed by atoms with Crippen LogP contribution < -0.4 is 10.9 Å². The number of carbonyl (C=O) groups excluding carboxylic acids is 1. The number of carbonyl (C=O) groups is 1. The molecule has 0 saturated heterocycles. The van der Waals surface area contributed by atoms with Crippen LogP contribution in [0.2, 0.25) is 0 Å². The van der Waals surface area contributed by atoms with Crippen LogP contribution in [0.15, 0.2) is 17.1 Å². The number of rotatable bonds is 8. The van der Waals surface area contributed by atoms with Gasteiger partial charge in [-0.25, -0.2) is 9.48 Å². The first kappa shape index (κ1) is 21.0. The Morgan fingerprint density at radius 3 is 2.52 bits per heavy atom. The molecule has 0 aromatic carbocycles. The van der Waals surface area contributed by atoms with E-state index < -0.39 is 5.60 Å². The number of nitrogens with one attached hydrogen (secondary N) is 1. The summed E-state index contributed by atoms with van der Waals surface area (Å²) in [7, 11) is 5.67.